The van der Waals surface area contributed by atoms with E-state index in [4.69, 9.17) is 4.98 Å². The van der Waals surface area contributed by atoms with Crippen LogP contribution >= 0.6 is 22.6 Å². The Morgan fingerprint density at radius 1 is 0.520 bits per heavy atom. The van der Waals surface area contributed by atoms with Crippen molar-refractivity contribution in [1.29, 1.82) is 0 Å². The first-order chi connectivity index (χ1) is 24.7. The van der Waals surface area contributed by atoms with Crippen molar-refractivity contribution >= 4 is 66.4 Å². The van der Waals surface area contributed by atoms with Crippen LogP contribution in [0.1, 0.15) is 11.5 Å². The zero-order valence-corrected chi connectivity index (χ0v) is 29.2. The molecule has 9 rings (SSSR count). The molecular weight excluding hydrogens is 723 g/mol. The Morgan fingerprint density at radius 2 is 1.14 bits per heavy atom. The number of nitrogens with zero attached hydrogens (tertiary/aromatic N) is 4. The number of hydrogen-bond acceptors (Lipinski definition) is 4. The average molecular weight is 755 g/mol. The zero-order chi connectivity index (χ0) is 33.4. The molecule has 1 aliphatic rings. The standard InChI is InChI=1S/C45H31IN4/c46-44-26-42(17-18-43(44)35-8-6-33-20-22-48-28-38(33)24-35)50(40-13-9-30(10-14-40)34-7-5-32-19-21-47-27-37(32)23-34)41-15-11-31(12-16-41)39-25-36-3-1-2-4-45(36)49-29-39/h1-29,43-44H/t43-,44?/m1/s1. The zero-order valence-electron chi connectivity index (χ0n) is 27.1. The topological polar surface area (TPSA) is 41.9 Å². The molecule has 0 aliphatic heterocycles. The number of anilines is 2. The van der Waals surface area contributed by atoms with Gasteiger partial charge < -0.3 is 4.90 Å². The predicted molar refractivity (Wildman–Crippen MR) is 216 cm³/mol. The fraction of sp³-hybridized carbons (Fsp3) is 0.0444. The Bertz CT molecular complexity index is 2450. The second kappa shape index (κ2) is 13.0. The van der Waals surface area contributed by atoms with Crippen LogP contribution in [0.15, 0.2) is 182 Å². The summed E-state index contributed by atoms with van der Waals surface area (Å²) in [7, 11) is 0. The van der Waals surface area contributed by atoms with E-state index in [2.05, 4.69) is 177 Å². The van der Waals surface area contributed by atoms with E-state index in [0.717, 1.165) is 44.5 Å². The van der Waals surface area contributed by atoms with Crippen LogP contribution in [-0.2, 0) is 0 Å². The van der Waals surface area contributed by atoms with Gasteiger partial charge in [0.05, 0.1) is 5.52 Å². The number of aromatic nitrogens is 3. The van der Waals surface area contributed by atoms with Crippen molar-refractivity contribution in [2.45, 2.75) is 9.84 Å². The van der Waals surface area contributed by atoms with Gasteiger partial charge in [0.1, 0.15) is 0 Å². The molecule has 0 amide bonds. The van der Waals surface area contributed by atoms with Crippen LogP contribution in [-0.4, -0.2) is 18.9 Å². The van der Waals surface area contributed by atoms with Crippen LogP contribution < -0.4 is 4.90 Å². The molecule has 3 heterocycles. The van der Waals surface area contributed by atoms with Crippen molar-refractivity contribution in [3.8, 4) is 22.3 Å². The van der Waals surface area contributed by atoms with Crippen molar-refractivity contribution in [3.63, 3.8) is 0 Å². The Hall–Kier alpha value is -5.66. The van der Waals surface area contributed by atoms with Gasteiger partial charge in [-0.15, -0.1) is 0 Å². The number of pyridine rings is 3. The minimum Gasteiger partial charge on any atom is -0.311 e. The molecule has 4 nitrogen and oxygen atoms in total. The molecule has 238 valence electrons. The highest BCUT2D eigenvalue weighted by molar-refractivity contribution is 14.1. The van der Waals surface area contributed by atoms with E-state index < -0.39 is 0 Å². The van der Waals surface area contributed by atoms with Crippen molar-refractivity contribution in [1.82, 2.24) is 15.0 Å². The first kappa shape index (κ1) is 30.4. The van der Waals surface area contributed by atoms with E-state index >= 15 is 0 Å². The molecule has 50 heavy (non-hydrogen) atoms. The highest BCUT2D eigenvalue weighted by atomic mass is 127. The van der Waals surface area contributed by atoms with Crippen LogP contribution in [0.25, 0.3) is 54.7 Å². The van der Waals surface area contributed by atoms with Crippen molar-refractivity contribution < 1.29 is 0 Å². The largest absolute Gasteiger partial charge is 0.311 e. The molecule has 5 aromatic carbocycles. The molecule has 0 saturated carbocycles. The summed E-state index contributed by atoms with van der Waals surface area (Å²) < 4.78 is 0.262. The lowest BCUT2D eigenvalue weighted by atomic mass is 9.90. The van der Waals surface area contributed by atoms with E-state index in [1.165, 1.54) is 32.8 Å². The molecule has 0 radical (unpaired) electrons. The Labute approximate surface area is 304 Å². The summed E-state index contributed by atoms with van der Waals surface area (Å²) in [4.78, 5) is 15.7. The van der Waals surface area contributed by atoms with E-state index in [9.17, 15) is 0 Å². The van der Waals surface area contributed by atoms with Gasteiger partial charge in [-0.3, -0.25) is 15.0 Å². The molecule has 0 bridgehead atoms. The fourth-order valence-corrected chi connectivity index (χ4v) is 7.96. The first-order valence-electron chi connectivity index (χ1n) is 16.7. The Morgan fingerprint density at radius 3 is 1.86 bits per heavy atom. The molecule has 0 spiro atoms. The molecule has 1 aliphatic carbocycles. The lowest BCUT2D eigenvalue weighted by Crippen LogP contribution is -2.21. The third kappa shape index (κ3) is 5.84. The third-order valence-corrected chi connectivity index (χ3v) is 10.7. The van der Waals surface area contributed by atoms with Gasteiger partial charge in [-0.2, -0.15) is 0 Å². The highest BCUT2D eigenvalue weighted by Crippen LogP contribution is 2.40. The summed E-state index contributed by atoms with van der Waals surface area (Å²) in [5.41, 5.74) is 10.2. The number of rotatable bonds is 6. The summed E-state index contributed by atoms with van der Waals surface area (Å²) in [6.07, 6.45) is 16.6. The minimum absolute atomic E-state index is 0.262. The van der Waals surface area contributed by atoms with E-state index in [-0.39, 0.29) is 9.84 Å². The van der Waals surface area contributed by atoms with Gasteiger partial charge in [-0.25, -0.2) is 0 Å². The monoisotopic (exact) mass is 754 g/mol. The number of fused-ring (bicyclic) bond motifs is 3. The predicted octanol–water partition coefficient (Wildman–Crippen LogP) is 11.8. The van der Waals surface area contributed by atoms with Crippen molar-refractivity contribution in [3.05, 3.63) is 188 Å². The fourth-order valence-electron chi connectivity index (χ4n) is 6.93. The van der Waals surface area contributed by atoms with Gasteiger partial charge in [-0.1, -0.05) is 95.4 Å². The van der Waals surface area contributed by atoms with E-state index in [1.54, 1.807) is 0 Å². The Balaban J connectivity index is 1.07. The second-order valence-corrected chi connectivity index (χ2v) is 14.1. The molecule has 8 aromatic rings. The maximum Gasteiger partial charge on any atom is 0.0702 e. The molecule has 0 fully saturated rings. The molecular formula is C45H31IN4. The number of allylic oxidation sites excluding steroid dienone is 3. The van der Waals surface area contributed by atoms with Crippen LogP contribution in [0, 0.1) is 0 Å². The number of alkyl halides is 1. The van der Waals surface area contributed by atoms with Crippen LogP contribution in [0.5, 0.6) is 0 Å². The highest BCUT2D eigenvalue weighted by Gasteiger charge is 2.24. The third-order valence-electron chi connectivity index (χ3n) is 9.60. The number of para-hydroxylation sites is 1. The van der Waals surface area contributed by atoms with Gasteiger partial charge in [0.25, 0.3) is 0 Å². The lowest BCUT2D eigenvalue weighted by Gasteiger charge is -2.31. The van der Waals surface area contributed by atoms with Crippen molar-refractivity contribution in [2.24, 2.45) is 0 Å². The maximum atomic E-state index is 4.71. The van der Waals surface area contributed by atoms with Crippen LogP contribution in [0.2, 0.25) is 0 Å². The quantitative estimate of drug-likeness (QED) is 0.125. The SMILES string of the molecule is IC1C=C(N(c2ccc(-c3ccc4ccncc4c3)cc2)c2ccc(-c3cnc4ccccc4c3)cc2)C=C[C@@H]1c1ccc2ccncc2c1. The molecule has 5 heteroatoms. The molecule has 2 atom stereocenters. The average Bonchev–Trinajstić information content (AvgIpc) is 3.18. The van der Waals surface area contributed by atoms with Gasteiger partial charge in [0, 0.05) is 79.6 Å². The van der Waals surface area contributed by atoms with Crippen LogP contribution in [0.3, 0.4) is 0 Å². The molecule has 1 unspecified atom stereocenters. The summed E-state index contributed by atoms with van der Waals surface area (Å²) in [5, 5.41) is 5.85. The molecule has 0 N–H and O–H groups in total. The van der Waals surface area contributed by atoms with Gasteiger partial charge >= 0.3 is 0 Å². The maximum absolute atomic E-state index is 4.71. The second-order valence-electron chi connectivity index (χ2n) is 12.7. The molecule has 0 saturated heterocycles. The first-order valence-corrected chi connectivity index (χ1v) is 18.0. The minimum atomic E-state index is 0.262. The summed E-state index contributed by atoms with van der Waals surface area (Å²) in [6.45, 7) is 0. The Kier molecular flexibility index (Phi) is 7.90. The summed E-state index contributed by atoms with van der Waals surface area (Å²) >= 11 is 2.59. The van der Waals surface area contributed by atoms with E-state index in [1.807, 2.05) is 37.1 Å². The van der Waals surface area contributed by atoms with E-state index in [0.29, 0.717) is 0 Å². The molecule has 3 aromatic heterocycles. The van der Waals surface area contributed by atoms with Crippen LogP contribution in [0.4, 0.5) is 11.4 Å². The number of benzene rings is 5. The van der Waals surface area contributed by atoms with Gasteiger partial charge in [0.2, 0.25) is 0 Å². The smallest absolute Gasteiger partial charge is 0.0702 e. The van der Waals surface area contributed by atoms with Gasteiger partial charge in [-0.05, 0) is 106 Å². The number of halogens is 1. The van der Waals surface area contributed by atoms with Crippen molar-refractivity contribution in [2.75, 3.05) is 4.90 Å². The lowest BCUT2D eigenvalue weighted by molar-refractivity contribution is 0.881. The number of hydrogen-bond donors (Lipinski definition) is 0. The van der Waals surface area contributed by atoms with Gasteiger partial charge in [0.15, 0.2) is 0 Å². The summed E-state index contributed by atoms with van der Waals surface area (Å²) in [5.74, 6) is 0.262. The normalized spacial score (nSPS) is 15.7. The summed E-state index contributed by atoms with van der Waals surface area (Å²) in [6, 6.07) is 45.6.